The van der Waals surface area contributed by atoms with E-state index in [4.69, 9.17) is 9.47 Å². The first-order chi connectivity index (χ1) is 12.0. The van der Waals surface area contributed by atoms with Gasteiger partial charge in [0.15, 0.2) is 9.84 Å². The maximum absolute atomic E-state index is 12.0. The van der Waals surface area contributed by atoms with Crippen molar-refractivity contribution in [2.75, 3.05) is 12.4 Å². The van der Waals surface area contributed by atoms with Crippen LogP contribution in [0, 0.1) is 0 Å². The maximum Gasteiger partial charge on any atom is 0.178 e. The molecular weight excluding hydrogens is 336 g/mol. The molecule has 0 aliphatic heterocycles. The van der Waals surface area contributed by atoms with E-state index >= 15 is 0 Å². The summed E-state index contributed by atoms with van der Waals surface area (Å²) in [7, 11) is -3.16. The number of benzene rings is 2. The second-order valence-electron chi connectivity index (χ2n) is 5.92. The lowest BCUT2D eigenvalue weighted by Gasteiger charge is -2.09. The normalized spacial score (nSPS) is 11.3. The van der Waals surface area contributed by atoms with Crippen LogP contribution in [0.25, 0.3) is 0 Å². The molecule has 0 fully saturated rings. The average Bonchev–Trinajstić information content (AvgIpc) is 2.61. The van der Waals surface area contributed by atoms with E-state index in [1.54, 1.807) is 24.3 Å². The Balaban J connectivity index is 1.89. The van der Waals surface area contributed by atoms with Gasteiger partial charge in [-0.3, -0.25) is 0 Å². The van der Waals surface area contributed by atoms with Gasteiger partial charge in [0, 0.05) is 0 Å². The number of hydrogen-bond donors (Lipinski definition) is 0. The highest BCUT2D eigenvalue weighted by Gasteiger charge is 2.12. The van der Waals surface area contributed by atoms with Crippen molar-refractivity contribution >= 4 is 9.84 Å². The molecule has 0 N–H and O–H groups in total. The molecule has 0 amide bonds. The SMILES string of the molecule is CCCCOc1ccc(OCc2ccc(S(=O)(=O)CCC)cc2)cc1. The van der Waals surface area contributed by atoms with Crippen molar-refractivity contribution in [3.05, 3.63) is 54.1 Å². The molecule has 0 heterocycles. The number of hydrogen-bond acceptors (Lipinski definition) is 4. The first-order valence-corrected chi connectivity index (χ1v) is 10.4. The minimum absolute atomic E-state index is 0.176. The lowest BCUT2D eigenvalue weighted by atomic mass is 10.2. The van der Waals surface area contributed by atoms with Gasteiger partial charge < -0.3 is 9.47 Å². The Morgan fingerprint density at radius 1 is 0.800 bits per heavy atom. The molecule has 0 radical (unpaired) electrons. The highest BCUT2D eigenvalue weighted by molar-refractivity contribution is 7.91. The Labute approximate surface area is 150 Å². The fourth-order valence-electron chi connectivity index (χ4n) is 2.31. The third-order valence-corrected chi connectivity index (χ3v) is 5.69. The molecule has 25 heavy (non-hydrogen) atoms. The van der Waals surface area contributed by atoms with Gasteiger partial charge in [0.2, 0.25) is 0 Å². The third-order valence-electron chi connectivity index (χ3n) is 3.75. The van der Waals surface area contributed by atoms with Crippen molar-refractivity contribution in [1.82, 2.24) is 0 Å². The number of unbranched alkanes of at least 4 members (excludes halogenated alkanes) is 1. The summed E-state index contributed by atoms with van der Waals surface area (Å²) in [5.74, 6) is 1.77. The van der Waals surface area contributed by atoms with Crippen LogP contribution >= 0.6 is 0 Å². The summed E-state index contributed by atoms with van der Waals surface area (Å²) >= 11 is 0. The first-order valence-electron chi connectivity index (χ1n) is 8.72. The van der Waals surface area contributed by atoms with E-state index in [1.165, 1.54) is 0 Å². The summed E-state index contributed by atoms with van der Waals surface area (Å²) in [4.78, 5) is 0.367. The lowest BCUT2D eigenvalue weighted by molar-refractivity contribution is 0.299. The van der Waals surface area contributed by atoms with E-state index in [9.17, 15) is 8.42 Å². The molecule has 0 aliphatic rings. The summed E-state index contributed by atoms with van der Waals surface area (Å²) < 4.78 is 35.4. The second kappa shape index (κ2) is 9.47. The van der Waals surface area contributed by atoms with Crippen molar-refractivity contribution < 1.29 is 17.9 Å². The van der Waals surface area contributed by atoms with Crippen LogP contribution in [0.3, 0.4) is 0 Å². The van der Waals surface area contributed by atoms with Gasteiger partial charge >= 0.3 is 0 Å². The van der Waals surface area contributed by atoms with Crippen molar-refractivity contribution in [2.45, 2.75) is 44.6 Å². The molecule has 0 saturated heterocycles. The zero-order chi connectivity index (χ0) is 18.1. The van der Waals surface area contributed by atoms with E-state index in [0.29, 0.717) is 17.9 Å². The van der Waals surface area contributed by atoms with Crippen molar-refractivity contribution in [3.8, 4) is 11.5 Å². The molecule has 0 spiro atoms. The van der Waals surface area contributed by atoms with Gasteiger partial charge in [0.05, 0.1) is 17.3 Å². The van der Waals surface area contributed by atoms with Crippen LogP contribution in [0.5, 0.6) is 11.5 Å². The predicted molar refractivity (Wildman–Crippen MR) is 100.0 cm³/mol. The molecule has 5 heteroatoms. The van der Waals surface area contributed by atoms with E-state index in [0.717, 1.165) is 36.5 Å². The Morgan fingerprint density at radius 2 is 1.40 bits per heavy atom. The summed E-state index contributed by atoms with van der Waals surface area (Å²) in [6, 6.07) is 14.4. The predicted octanol–water partition coefficient (Wildman–Crippen LogP) is 4.63. The fourth-order valence-corrected chi connectivity index (χ4v) is 3.64. The lowest BCUT2D eigenvalue weighted by Crippen LogP contribution is -2.06. The van der Waals surface area contributed by atoms with Gasteiger partial charge in [-0.1, -0.05) is 32.4 Å². The Morgan fingerprint density at radius 3 is 1.96 bits per heavy atom. The fraction of sp³-hybridized carbons (Fsp3) is 0.400. The van der Waals surface area contributed by atoms with Gasteiger partial charge in [-0.2, -0.15) is 0 Å². The molecule has 0 saturated carbocycles. The molecule has 2 rings (SSSR count). The second-order valence-corrected chi connectivity index (χ2v) is 8.03. The number of ether oxygens (including phenoxy) is 2. The molecule has 0 bridgehead atoms. The number of rotatable bonds is 10. The van der Waals surface area contributed by atoms with Crippen LogP contribution in [0.15, 0.2) is 53.4 Å². The highest BCUT2D eigenvalue weighted by Crippen LogP contribution is 2.20. The van der Waals surface area contributed by atoms with E-state index in [1.807, 2.05) is 31.2 Å². The Kier molecular flexibility index (Phi) is 7.31. The zero-order valence-corrected chi connectivity index (χ0v) is 15.7. The Hall–Kier alpha value is -2.01. The van der Waals surface area contributed by atoms with Crippen molar-refractivity contribution in [2.24, 2.45) is 0 Å². The van der Waals surface area contributed by atoms with Crippen molar-refractivity contribution in [1.29, 1.82) is 0 Å². The van der Waals surface area contributed by atoms with Crippen LogP contribution in [0.4, 0.5) is 0 Å². The molecule has 2 aromatic carbocycles. The summed E-state index contributed by atoms with van der Waals surface area (Å²) in [6.45, 7) is 5.11. The minimum Gasteiger partial charge on any atom is -0.494 e. The highest BCUT2D eigenvalue weighted by atomic mass is 32.2. The molecule has 0 aliphatic carbocycles. The van der Waals surface area contributed by atoms with Gasteiger partial charge in [-0.15, -0.1) is 0 Å². The monoisotopic (exact) mass is 362 g/mol. The van der Waals surface area contributed by atoms with Crippen LogP contribution in [0.2, 0.25) is 0 Å². The quantitative estimate of drug-likeness (QED) is 0.578. The molecule has 0 atom stereocenters. The maximum atomic E-state index is 12.0. The van der Waals surface area contributed by atoms with Crippen LogP contribution < -0.4 is 9.47 Å². The van der Waals surface area contributed by atoms with Gasteiger partial charge in [-0.05, 0) is 54.8 Å². The molecular formula is C20H26O4S. The topological polar surface area (TPSA) is 52.6 Å². The van der Waals surface area contributed by atoms with E-state index in [-0.39, 0.29) is 5.75 Å². The summed E-state index contributed by atoms with van der Waals surface area (Å²) in [6.07, 6.45) is 2.77. The smallest absolute Gasteiger partial charge is 0.178 e. The molecule has 136 valence electrons. The average molecular weight is 362 g/mol. The summed E-state index contributed by atoms with van der Waals surface area (Å²) in [5, 5.41) is 0. The molecule has 4 nitrogen and oxygen atoms in total. The number of sulfone groups is 1. The molecule has 2 aromatic rings. The van der Waals surface area contributed by atoms with E-state index in [2.05, 4.69) is 6.92 Å². The molecule has 0 unspecified atom stereocenters. The third kappa shape index (κ3) is 6.09. The Bertz CT molecular complexity index is 734. The van der Waals surface area contributed by atoms with Gasteiger partial charge in [0.1, 0.15) is 18.1 Å². The standard InChI is InChI=1S/C20H26O4S/c1-3-5-14-23-18-8-10-19(11-9-18)24-16-17-6-12-20(13-7-17)25(21,22)15-4-2/h6-13H,3-5,14-16H2,1-2H3. The van der Waals surface area contributed by atoms with Crippen LogP contribution in [0.1, 0.15) is 38.7 Å². The zero-order valence-electron chi connectivity index (χ0n) is 14.9. The summed E-state index contributed by atoms with van der Waals surface area (Å²) in [5.41, 5.74) is 0.929. The first kappa shape index (κ1) is 19.3. The van der Waals surface area contributed by atoms with E-state index < -0.39 is 9.84 Å². The van der Waals surface area contributed by atoms with Gasteiger partial charge in [0.25, 0.3) is 0 Å². The van der Waals surface area contributed by atoms with Gasteiger partial charge in [-0.25, -0.2) is 8.42 Å². The minimum atomic E-state index is -3.16. The largest absolute Gasteiger partial charge is 0.494 e. The van der Waals surface area contributed by atoms with Crippen LogP contribution in [-0.4, -0.2) is 20.8 Å². The van der Waals surface area contributed by atoms with Crippen molar-refractivity contribution in [3.63, 3.8) is 0 Å². The molecule has 0 aromatic heterocycles. The van der Waals surface area contributed by atoms with Crippen LogP contribution in [-0.2, 0) is 16.4 Å².